The summed E-state index contributed by atoms with van der Waals surface area (Å²) in [4.78, 5) is 20.7. The second-order valence-electron chi connectivity index (χ2n) is 6.48. The Bertz CT molecular complexity index is 770. The first-order valence-electron chi connectivity index (χ1n) is 9.52. The molecule has 1 amide bonds. The van der Waals surface area contributed by atoms with Crippen molar-refractivity contribution >= 4 is 17.4 Å². The molecule has 2 aromatic rings. The van der Waals surface area contributed by atoms with E-state index in [0.717, 1.165) is 30.7 Å². The molecule has 6 heteroatoms. The summed E-state index contributed by atoms with van der Waals surface area (Å²) in [5.74, 6) is 1.22. The number of benzene rings is 1. The van der Waals surface area contributed by atoms with Crippen LogP contribution >= 0.6 is 0 Å². The molecule has 27 heavy (non-hydrogen) atoms. The second kappa shape index (κ2) is 9.71. The number of nitrogens with zero attached hydrogens (tertiary/aromatic N) is 2. The first kappa shape index (κ1) is 18.9. The third kappa shape index (κ3) is 5.81. The topological polar surface area (TPSA) is 76.1 Å². The SMILES string of the molecule is CCOc1ccc(Nc2cnc(C(=O)NCCC3=CCCCC3)cn2)cc1. The average molecular weight is 366 g/mol. The quantitative estimate of drug-likeness (QED) is 0.684. The summed E-state index contributed by atoms with van der Waals surface area (Å²) in [6, 6.07) is 7.60. The standard InChI is InChI=1S/C21H26N4O2/c1-2-27-18-10-8-17(9-11-18)25-20-15-23-19(14-24-20)21(26)22-13-12-16-6-4-3-5-7-16/h6,8-11,14-15H,2-5,7,12-13H2,1H3,(H,22,26)(H,24,25). The number of carbonyl (C=O) groups excluding carboxylic acids is 1. The molecule has 0 unspecified atom stereocenters. The van der Waals surface area contributed by atoms with Crippen LogP contribution in [0.15, 0.2) is 48.3 Å². The highest BCUT2D eigenvalue weighted by atomic mass is 16.5. The first-order chi connectivity index (χ1) is 13.2. The van der Waals surface area contributed by atoms with E-state index in [1.165, 1.54) is 24.6 Å². The molecule has 0 aliphatic heterocycles. The number of amides is 1. The molecule has 0 fully saturated rings. The Balaban J connectivity index is 1.48. The maximum absolute atomic E-state index is 12.2. The van der Waals surface area contributed by atoms with E-state index in [2.05, 4.69) is 26.7 Å². The van der Waals surface area contributed by atoms with E-state index in [9.17, 15) is 4.79 Å². The molecule has 3 rings (SSSR count). The van der Waals surface area contributed by atoms with E-state index in [1.54, 1.807) is 6.20 Å². The number of nitrogens with one attached hydrogen (secondary N) is 2. The van der Waals surface area contributed by atoms with Gasteiger partial charge in [0.05, 0.1) is 19.0 Å². The predicted octanol–water partition coefficient (Wildman–Crippen LogP) is 4.24. The molecule has 0 saturated carbocycles. The molecule has 2 N–H and O–H groups in total. The van der Waals surface area contributed by atoms with Gasteiger partial charge >= 0.3 is 0 Å². The van der Waals surface area contributed by atoms with Gasteiger partial charge in [-0.15, -0.1) is 0 Å². The summed E-state index contributed by atoms with van der Waals surface area (Å²) in [7, 11) is 0. The van der Waals surface area contributed by atoms with Crippen LogP contribution in [0.2, 0.25) is 0 Å². The normalized spacial score (nSPS) is 13.6. The Labute approximate surface area is 160 Å². The fourth-order valence-electron chi connectivity index (χ4n) is 3.02. The minimum Gasteiger partial charge on any atom is -0.494 e. The number of aromatic nitrogens is 2. The minimum atomic E-state index is -0.188. The minimum absolute atomic E-state index is 0.188. The Morgan fingerprint density at radius 1 is 1.15 bits per heavy atom. The number of allylic oxidation sites excluding steroid dienone is 1. The summed E-state index contributed by atoms with van der Waals surface area (Å²) < 4.78 is 5.42. The van der Waals surface area contributed by atoms with Crippen molar-refractivity contribution in [2.75, 3.05) is 18.5 Å². The second-order valence-corrected chi connectivity index (χ2v) is 6.48. The molecule has 1 aromatic heterocycles. The van der Waals surface area contributed by atoms with E-state index >= 15 is 0 Å². The Morgan fingerprint density at radius 3 is 2.67 bits per heavy atom. The van der Waals surface area contributed by atoms with Crippen LogP contribution in [-0.2, 0) is 0 Å². The highest BCUT2D eigenvalue weighted by Gasteiger charge is 2.09. The molecule has 0 radical (unpaired) electrons. The van der Waals surface area contributed by atoms with Gasteiger partial charge in [0.15, 0.2) is 0 Å². The van der Waals surface area contributed by atoms with Crippen molar-refractivity contribution in [3.63, 3.8) is 0 Å². The maximum Gasteiger partial charge on any atom is 0.271 e. The summed E-state index contributed by atoms with van der Waals surface area (Å²) >= 11 is 0. The van der Waals surface area contributed by atoms with Crippen molar-refractivity contribution in [2.24, 2.45) is 0 Å². The lowest BCUT2D eigenvalue weighted by Crippen LogP contribution is -2.26. The fourth-order valence-corrected chi connectivity index (χ4v) is 3.02. The van der Waals surface area contributed by atoms with E-state index < -0.39 is 0 Å². The van der Waals surface area contributed by atoms with Crippen LogP contribution < -0.4 is 15.4 Å². The van der Waals surface area contributed by atoms with Gasteiger partial charge in [0.25, 0.3) is 5.91 Å². The van der Waals surface area contributed by atoms with Gasteiger partial charge in [-0.1, -0.05) is 11.6 Å². The van der Waals surface area contributed by atoms with Gasteiger partial charge in [0.1, 0.15) is 17.3 Å². The third-order valence-electron chi connectivity index (χ3n) is 4.44. The lowest BCUT2D eigenvalue weighted by molar-refractivity contribution is 0.0948. The molecule has 1 aromatic carbocycles. The Morgan fingerprint density at radius 2 is 2.00 bits per heavy atom. The molecule has 1 aliphatic rings. The van der Waals surface area contributed by atoms with Crippen molar-refractivity contribution in [1.82, 2.24) is 15.3 Å². The lowest BCUT2D eigenvalue weighted by atomic mass is 9.97. The van der Waals surface area contributed by atoms with Crippen LogP contribution in [0.1, 0.15) is 49.5 Å². The number of carbonyl (C=O) groups is 1. The Hall–Kier alpha value is -2.89. The molecule has 6 nitrogen and oxygen atoms in total. The number of anilines is 2. The van der Waals surface area contributed by atoms with Gasteiger partial charge in [-0.25, -0.2) is 9.97 Å². The molecule has 0 bridgehead atoms. The number of ether oxygens (including phenoxy) is 1. The summed E-state index contributed by atoms with van der Waals surface area (Å²) in [5.41, 5.74) is 2.65. The number of rotatable bonds is 8. The highest BCUT2D eigenvalue weighted by Crippen LogP contribution is 2.20. The molecular weight excluding hydrogens is 340 g/mol. The Kier molecular flexibility index (Phi) is 6.79. The monoisotopic (exact) mass is 366 g/mol. The van der Waals surface area contributed by atoms with Crippen molar-refractivity contribution < 1.29 is 9.53 Å². The summed E-state index contributed by atoms with van der Waals surface area (Å²) in [6.45, 7) is 3.23. The van der Waals surface area contributed by atoms with E-state index in [1.807, 2.05) is 31.2 Å². The first-order valence-corrected chi connectivity index (χ1v) is 9.52. The van der Waals surface area contributed by atoms with Gasteiger partial charge in [0, 0.05) is 12.2 Å². The third-order valence-corrected chi connectivity index (χ3v) is 4.44. The van der Waals surface area contributed by atoms with Crippen molar-refractivity contribution in [2.45, 2.75) is 39.0 Å². The fraction of sp³-hybridized carbons (Fsp3) is 0.381. The zero-order valence-electron chi connectivity index (χ0n) is 15.7. The van der Waals surface area contributed by atoms with E-state index in [4.69, 9.17) is 4.74 Å². The summed E-state index contributed by atoms with van der Waals surface area (Å²) in [5, 5.41) is 6.07. The average Bonchev–Trinajstić information content (AvgIpc) is 2.71. The number of hydrogen-bond acceptors (Lipinski definition) is 5. The zero-order chi connectivity index (χ0) is 18.9. The van der Waals surface area contributed by atoms with Gasteiger partial charge in [-0.2, -0.15) is 0 Å². The van der Waals surface area contributed by atoms with Crippen LogP contribution in [0.5, 0.6) is 5.75 Å². The lowest BCUT2D eigenvalue weighted by Gasteiger charge is -2.12. The molecular formula is C21H26N4O2. The van der Waals surface area contributed by atoms with E-state index in [-0.39, 0.29) is 5.91 Å². The molecule has 0 saturated heterocycles. The van der Waals surface area contributed by atoms with Crippen molar-refractivity contribution in [1.29, 1.82) is 0 Å². The molecule has 142 valence electrons. The molecule has 0 atom stereocenters. The van der Waals surface area contributed by atoms with E-state index in [0.29, 0.717) is 24.7 Å². The van der Waals surface area contributed by atoms with Crippen LogP contribution in [0.25, 0.3) is 0 Å². The van der Waals surface area contributed by atoms with Gasteiger partial charge in [-0.05, 0) is 63.3 Å². The van der Waals surface area contributed by atoms with Gasteiger partial charge in [0.2, 0.25) is 0 Å². The van der Waals surface area contributed by atoms with Crippen LogP contribution in [0.4, 0.5) is 11.5 Å². The van der Waals surface area contributed by atoms with Crippen LogP contribution in [0, 0.1) is 0 Å². The highest BCUT2D eigenvalue weighted by molar-refractivity contribution is 5.92. The van der Waals surface area contributed by atoms with Crippen LogP contribution in [-0.4, -0.2) is 29.0 Å². The van der Waals surface area contributed by atoms with Crippen molar-refractivity contribution in [3.05, 3.63) is 54.0 Å². The van der Waals surface area contributed by atoms with Gasteiger partial charge < -0.3 is 15.4 Å². The summed E-state index contributed by atoms with van der Waals surface area (Å²) in [6.07, 6.45) is 11.1. The molecule has 0 spiro atoms. The zero-order valence-corrected chi connectivity index (χ0v) is 15.7. The largest absolute Gasteiger partial charge is 0.494 e. The molecule has 1 aliphatic carbocycles. The van der Waals surface area contributed by atoms with Crippen molar-refractivity contribution in [3.8, 4) is 5.75 Å². The maximum atomic E-state index is 12.2. The van der Waals surface area contributed by atoms with Gasteiger partial charge in [-0.3, -0.25) is 4.79 Å². The molecule has 1 heterocycles. The smallest absolute Gasteiger partial charge is 0.271 e. The number of hydrogen-bond donors (Lipinski definition) is 2. The predicted molar refractivity (Wildman–Crippen MR) is 106 cm³/mol. The van der Waals surface area contributed by atoms with Crippen LogP contribution in [0.3, 0.4) is 0 Å².